The number of para-hydroxylation sites is 1. The van der Waals surface area contributed by atoms with E-state index in [9.17, 15) is 14.0 Å². The molecule has 35 heavy (non-hydrogen) atoms. The molecule has 2 heterocycles. The molecule has 0 aliphatic rings. The van der Waals surface area contributed by atoms with Gasteiger partial charge in [0.05, 0.1) is 23.2 Å². The third kappa shape index (κ3) is 4.54. The molecular weight excluding hydrogens is 465 g/mol. The van der Waals surface area contributed by atoms with Gasteiger partial charge in [0.1, 0.15) is 5.82 Å². The zero-order chi connectivity index (χ0) is 24.5. The molecule has 0 saturated carbocycles. The number of hydrogen-bond acceptors (Lipinski definition) is 5. The van der Waals surface area contributed by atoms with Gasteiger partial charge in [-0.3, -0.25) is 18.6 Å². The van der Waals surface area contributed by atoms with Crippen LogP contribution < -0.4 is 10.9 Å². The topological polar surface area (TPSA) is 81.3 Å². The van der Waals surface area contributed by atoms with E-state index < -0.39 is 0 Å². The van der Waals surface area contributed by atoms with Crippen molar-refractivity contribution in [1.29, 1.82) is 0 Å². The molecule has 0 saturated heterocycles. The van der Waals surface area contributed by atoms with Gasteiger partial charge in [0, 0.05) is 5.69 Å². The molecule has 9 heteroatoms. The van der Waals surface area contributed by atoms with Crippen molar-refractivity contribution in [1.82, 2.24) is 19.2 Å². The number of halogens is 1. The van der Waals surface area contributed by atoms with Crippen LogP contribution in [0.3, 0.4) is 0 Å². The maximum Gasteiger partial charge on any atom is 0.263 e. The summed E-state index contributed by atoms with van der Waals surface area (Å²) in [6, 6.07) is 19.1. The maximum absolute atomic E-state index is 13.4. The van der Waals surface area contributed by atoms with Crippen molar-refractivity contribution in [3.8, 4) is 0 Å². The number of nitrogens with zero attached hydrogens (tertiary/aromatic N) is 4. The first-order valence-electron chi connectivity index (χ1n) is 11.0. The number of anilines is 1. The Bertz CT molecular complexity index is 1630. The molecule has 1 amide bonds. The molecule has 0 atom stereocenters. The molecule has 2 aromatic heterocycles. The minimum atomic E-state index is -0.343. The Kier molecular flexibility index (Phi) is 6.08. The molecule has 0 aliphatic carbocycles. The lowest BCUT2D eigenvalue weighted by atomic mass is 10.1. The maximum atomic E-state index is 13.4. The Morgan fingerprint density at radius 2 is 1.80 bits per heavy atom. The Labute approximate surface area is 204 Å². The number of carbonyl (C=O) groups excluding carboxylic acids is 1. The van der Waals surface area contributed by atoms with Gasteiger partial charge in [-0.2, -0.15) is 0 Å². The molecule has 176 valence electrons. The van der Waals surface area contributed by atoms with E-state index in [0.717, 1.165) is 22.4 Å². The monoisotopic (exact) mass is 487 g/mol. The quantitative estimate of drug-likeness (QED) is 0.355. The highest BCUT2D eigenvalue weighted by Gasteiger charge is 2.18. The number of hydrogen-bond donors (Lipinski definition) is 1. The van der Waals surface area contributed by atoms with Gasteiger partial charge in [0.15, 0.2) is 5.16 Å². The van der Waals surface area contributed by atoms with Crippen LogP contribution in [0, 0.1) is 19.7 Å². The second-order valence-electron chi connectivity index (χ2n) is 8.31. The molecule has 1 N–H and O–H groups in total. The number of amides is 1. The Balaban J connectivity index is 1.48. The van der Waals surface area contributed by atoms with Crippen molar-refractivity contribution in [3.05, 3.63) is 99.6 Å². The Morgan fingerprint density at radius 1 is 1.03 bits per heavy atom. The number of benzene rings is 3. The number of aromatic nitrogens is 4. The van der Waals surface area contributed by atoms with Crippen LogP contribution in [0.2, 0.25) is 0 Å². The van der Waals surface area contributed by atoms with Crippen molar-refractivity contribution < 1.29 is 9.18 Å². The molecule has 5 rings (SSSR count). The summed E-state index contributed by atoms with van der Waals surface area (Å²) in [7, 11) is 0. The van der Waals surface area contributed by atoms with Crippen LogP contribution in [0.5, 0.6) is 0 Å². The van der Waals surface area contributed by atoms with E-state index in [1.807, 2.05) is 44.2 Å². The first-order valence-corrected chi connectivity index (χ1v) is 12.0. The third-order valence-corrected chi connectivity index (χ3v) is 6.65. The SMILES string of the molecule is Cc1ccc(NC(=O)CSc2nnc3n(Cc4ccc(F)cc4)c(=O)c4ccccc4n23)c(C)c1. The second-order valence-corrected chi connectivity index (χ2v) is 9.25. The van der Waals surface area contributed by atoms with E-state index in [4.69, 9.17) is 0 Å². The highest BCUT2D eigenvalue weighted by molar-refractivity contribution is 7.99. The molecule has 3 aromatic carbocycles. The molecule has 0 unspecified atom stereocenters. The third-order valence-electron chi connectivity index (χ3n) is 5.72. The first kappa shape index (κ1) is 22.8. The summed E-state index contributed by atoms with van der Waals surface area (Å²) in [6.07, 6.45) is 0. The molecule has 0 spiro atoms. The van der Waals surface area contributed by atoms with Crippen LogP contribution in [-0.2, 0) is 11.3 Å². The van der Waals surface area contributed by atoms with Gasteiger partial charge >= 0.3 is 0 Å². The Hall–Kier alpha value is -3.98. The molecular formula is C26H22FN5O2S. The normalized spacial score (nSPS) is 11.3. The van der Waals surface area contributed by atoms with Crippen LogP contribution in [0.4, 0.5) is 10.1 Å². The van der Waals surface area contributed by atoms with Gasteiger partial charge in [-0.05, 0) is 55.3 Å². The first-order chi connectivity index (χ1) is 16.9. The smallest absolute Gasteiger partial charge is 0.263 e. The van der Waals surface area contributed by atoms with E-state index in [1.165, 1.54) is 28.5 Å². The van der Waals surface area contributed by atoms with Crippen LogP contribution in [-0.4, -0.2) is 30.8 Å². The number of fused-ring (bicyclic) bond motifs is 3. The van der Waals surface area contributed by atoms with Gasteiger partial charge in [0.2, 0.25) is 11.7 Å². The largest absolute Gasteiger partial charge is 0.325 e. The zero-order valence-corrected chi connectivity index (χ0v) is 20.0. The van der Waals surface area contributed by atoms with Crippen molar-refractivity contribution in [2.45, 2.75) is 25.5 Å². The summed E-state index contributed by atoms with van der Waals surface area (Å²) in [5.74, 6) is -0.0255. The number of aryl methyl sites for hydroxylation is 2. The average Bonchev–Trinajstić information content (AvgIpc) is 3.27. The van der Waals surface area contributed by atoms with E-state index in [0.29, 0.717) is 21.8 Å². The van der Waals surface area contributed by atoms with E-state index in [1.54, 1.807) is 28.7 Å². The predicted octanol–water partition coefficient (Wildman–Crippen LogP) is 4.58. The van der Waals surface area contributed by atoms with E-state index in [2.05, 4.69) is 15.5 Å². The van der Waals surface area contributed by atoms with E-state index in [-0.39, 0.29) is 29.6 Å². The van der Waals surface area contributed by atoms with Crippen molar-refractivity contribution in [2.24, 2.45) is 0 Å². The summed E-state index contributed by atoms with van der Waals surface area (Å²) in [6.45, 7) is 4.17. The van der Waals surface area contributed by atoms with Gasteiger partial charge in [0.25, 0.3) is 5.56 Å². The van der Waals surface area contributed by atoms with Gasteiger partial charge in [-0.1, -0.05) is 53.7 Å². The summed E-state index contributed by atoms with van der Waals surface area (Å²) >= 11 is 1.24. The fourth-order valence-electron chi connectivity index (χ4n) is 4.01. The zero-order valence-electron chi connectivity index (χ0n) is 19.2. The molecule has 0 aliphatic heterocycles. The lowest BCUT2D eigenvalue weighted by Gasteiger charge is -2.12. The molecule has 7 nitrogen and oxygen atoms in total. The van der Waals surface area contributed by atoms with Gasteiger partial charge in [-0.15, -0.1) is 10.2 Å². The minimum Gasteiger partial charge on any atom is -0.325 e. The van der Waals surface area contributed by atoms with Crippen LogP contribution >= 0.6 is 11.8 Å². The Morgan fingerprint density at radius 3 is 2.57 bits per heavy atom. The summed E-state index contributed by atoms with van der Waals surface area (Å²) in [5.41, 5.74) is 4.09. The van der Waals surface area contributed by atoms with Crippen molar-refractivity contribution >= 4 is 40.0 Å². The molecule has 0 radical (unpaired) electrons. The fraction of sp³-hybridized carbons (Fsp3) is 0.154. The van der Waals surface area contributed by atoms with Crippen LogP contribution in [0.15, 0.2) is 76.7 Å². The lowest BCUT2D eigenvalue weighted by Crippen LogP contribution is -2.24. The van der Waals surface area contributed by atoms with Crippen LogP contribution in [0.25, 0.3) is 16.7 Å². The second kappa shape index (κ2) is 9.34. The predicted molar refractivity (Wildman–Crippen MR) is 136 cm³/mol. The molecule has 0 bridgehead atoms. The number of rotatable bonds is 6. The van der Waals surface area contributed by atoms with Gasteiger partial charge in [-0.25, -0.2) is 4.39 Å². The highest BCUT2D eigenvalue weighted by atomic mass is 32.2. The highest BCUT2D eigenvalue weighted by Crippen LogP contribution is 2.23. The van der Waals surface area contributed by atoms with Gasteiger partial charge < -0.3 is 5.32 Å². The molecule has 5 aromatic rings. The number of nitrogens with one attached hydrogen (secondary N) is 1. The minimum absolute atomic E-state index is 0.125. The summed E-state index contributed by atoms with van der Waals surface area (Å²) in [5, 5.41) is 12.5. The number of thioether (sulfide) groups is 1. The number of carbonyl (C=O) groups is 1. The van der Waals surface area contributed by atoms with Crippen molar-refractivity contribution in [3.63, 3.8) is 0 Å². The van der Waals surface area contributed by atoms with Crippen molar-refractivity contribution in [2.75, 3.05) is 11.1 Å². The average molecular weight is 488 g/mol. The standard InChI is InChI=1S/C26H22FN5O2S/c1-16-7-12-21(17(2)13-16)28-23(33)15-35-26-30-29-25-31(14-18-8-10-19(27)11-9-18)24(34)20-5-3-4-6-22(20)32(25)26/h3-13H,14-15H2,1-2H3,(H,28,33). The summed E-state index contributed by atoms with van der Waals surface area (Å²) in [4.78, 5) is 25.9. The lowest BCUT2D eigenvalue weighted by molar-refractivity contribution is -0.113. The van der Waals surface area contributed by atoms with Crippen LogP contribution in [0.1, 0.15) is 16.7 Å². The van der Waals surface area contributed by atoms with E-state index >= 15 is 0 Å². The molecule has 0 fully saturated rings. The fourth-order valence-corrected chi connectivity index (χ4v) is 4.75. The summed E-state index contributed by atoms with van der Waals surface area (Å²) < 4.78 is 16.7.